The number of rotatable bonds is 2. The summed E-state index contributed by atoms with van der Waals surface area (Å²) in [7, 11) is -3.28. The highest BCUT2D eigenvalue weighted by Gasteiger charge is 2.35. The summed E-state index contributed by atoms with van der Waals surface area (Å²) in [5.74, 6) is 0.580. The molecule has 4 rings (SSSR count). The molecular weight excluding hydrogens is 362 g/mol. The van der Waals surface area contributed by atoms with Crippen molar-refractivity contribution in [1.29, 1.82) is 0 Å². The van der Waals surface area contributed by atoms with E-state index in [1.165, 1.54) is 0 Å². The SMILES string of the molecule is O=C([C@H]1COc2ccccc2C1)N1CC[C@@H](c2ccccc2)S(=O)(=O)CC1. The van der Waals surface area contributed by atoms with Crippen LogP contribution in [-0.4, -0.2) is 44.7 Å². The van der Waals surface area contributed by atoms with Crippen LogP contribution in [0.4, 0.5) is 0 Å². The van der Waals surface area contributed by atoms with Crippen LogP contribution in [0, 0.1) is 5.92 Å². The Morgan fingerprint density at radius 3 is 2.56 bits per heavy atom. The molecule has 1 saturated heterocycles. The van der Waals surface area contributed by atoms with E-state index in [1.807, 2.05) is 54.6 Å². The Bertz CT molecular complexity index is 926. The molecule has 0 unspecified atom stereocenters. The van der Waals surface area contributed by atoms with E-state index < -0.39 is 15.1 Å². The molecule has 5 nitrogen and oxygen atoms in total. The fraction of sp³-hybridized carbons (Fsp3) is 0.381. The number of amides is 1. The third kappa shape index (κ3) is 3.72. The van der Waals surface area contributed by atoms with Gasteiger partial charge in [0, 0.05) is 13.1 Å². The molecule has 2 aliphatic rings. The number of carbonyl (C=O) groups excluding carboxylic acids is 1. The van der Waals surface area contributed by atoms with Gasteiger partial charge in [0.2, 0.25) is 5.91 Å². The Hall–Kier alpha value is -2.34. The van der Waals surface area contributed by atoms with Gasteiger partial charge in [-0.1, -0.05) is 48.5 Å². The molecule has 0 aromatic heterocycles. The maximum Gasteiger partial charge on any atom is 0.229 e. The van der Waals surface area contributed by atoms with Crippen molar-refractivity contribution in [1.82, 2.24) is 4.90 Å². The normalized spacial score (nSPS) is 24.4. The molecule has 1 fully saturated rings. The highest BCUT2D eigenvalue weighted by molar-refractivity contribution is 7.91. The second-order valence-corrected chi connectivity index (χ2v) is 9.50. The lowest BCUT2D eigenvalue weighted by atomic mass is 9.95. The number of sulfone groups is 1. The van der Waals surface area contributed by atoms with E-state index >= 15 is 0 Å². The van der Waals surface area contributed by atoms with Crippen molar-refractivity contribution in [3.63, 3.8) is 0 Å². The zero-order valence-electron chi connectivity index (χ0n) is 15.1. The van der Waals surface area contributed by atoms with Crippen molar-refractivity contribution in [2.24, 2.45) is 5.92 Å². The first-order valence-corrected chi connectivity index (χ1v) is 11.0. The average molecular weight is 385 g/mol. The number of hydrogen-bond donors (Lipinski definition) is 0. The first-order chi connectivity index (χ1) is 13.0. The largest absolute Gasteiger partial charge is 0.492 e. The van der Waals surface area contributed by atoms with Crippen LogP contribution >= 0.6 is 0 Å². The minimum Gasteiger partial charge on any atom is -0.492 e. The van der Waals surface area contributed by atoms with Gasteiger partial charge in [-0.3, -0.25) is 4.79 Å². The van der Waals surface area contributed by atoms with E-state index in [-0.39, 0.29) is 24.1 Å². The smallest absolute Gasteiger partial charge is 0.229 e. The van der Waals surface area contributed by atoms with Crippen LogP contribution in [0.3, 0.4) is 0 Å². The zero-order chi connectivity index (χ0) is 18.9. The van der Waals surface area contributed by atoms with Gasteiger partial charge in [0.25, 0.3) is 0 Å². The maximum absolute atomic E-state index is 13.0. The Balaban J connectivity index is 1.49. The number of ether oxygens (including phenoxy) is 1. The molecule has 0 bridgehead atoms. The molecule has 0 aliphatic carbocycles. The number of benzene rings is 2. The van der Waals surface area contributed by atoms with Crippen LogP contribution in [0.15, 0.2) is 54.6 Å². The summed E-state index contributed by atoms with van der Waals surface area (Å²) in [5.41, 5.74) is 1.84. The van der Waals surface area contributed by atoms with Gasteiger partial charge in [0.15, 0.2) is 9.84 Å². The fourth-order valence-corrected chi connectivity index (χ4v) is 5.75. The maximum atomic E-state index is 13.0. The quantitative estimate of drug-likeness (QED) is 0.797. The molecule has 142 valence electrons. The molecule has 2 aliphatic heterocycles. The second-order valence-electron chi connectivity index (χ2n) is 7.20. The highest BCUT2D eigenvalue weighted by atomic mass is 32.2. The van der Waals surface area contributed by atoms with Crippen molar-refractivity contribution in [2.45, 2.75) is 18.1 Å². The lowest BCUT2D eigenvalue weighted by Gasteiger charge is -2.29. The van der Waals surface area contributed by atoms with Crippen LogP contribution in [-0.2, 0) is 21.1 Å². The van der Waals surface area contributed by atoms with Gasteiger partial charge >= 0.3 is 0 Å². The summed E-state index contributed by atoms with van der Waals surface area (Å²) in [5, 5.41) is -0.542. The van der Waals surface area contributed by atoms with Gasteiger partial charge in [0.1, 0.15) is 12.4 Å². The summed E-state index contributed by atoms with van der Waals surface area (Å²) < 4.78 is 31.2. The minimum atomic E-state index is -3.28. The van der Waals surface area contributed by atoms with E-state index in [4.69, 9.17) is 4.74 Å². The van der Waals surface area contributed by atoms with Gasteiger partial charge in [0.05, 0.1) is 16.9 Å². The Morgan fingerprint density at radius 1 is 1.00 bits per heavy atom. The topological polar surface area (TPSA) is 63.7 Å². The van der Waals surface area contributed by atoms with Crippen molar-refractivity contribution < 1.29 is 17.9 Å². The molecule has 0 radical (unpaired) electrons. The molecule has 2 heterocycles. The third-order valence-corrected chi connectivity index (χ3v) is 7.58. The lowest BCUT2D eigenvalue weighted by Crippen LogP contribution is -2.42. The number of fused-ring (bicyclic) bond motifs is 1. The Morgan fingerprint density at radius 2 is 1.74 bits per heavy atom. The van der Waals surface area contributed by atoms with Crippen molar-refractivity contribution in [3.8, 4) is 5.75 Å². The van der Waals surface area contributed by atoms with Crippen LogP contribution in [0.25, 0.3) is 0 Å². The molecule has 2 atom stereocenters. The second kappa shape index (κ2) is 7.35. The van der Waals surface area contributed by atoms with E-state index in [0.717, 1.165) is 16.9 Å². The molecule has 0 spiro atoms. The summed E-state index contributed by atoms with van der Waals surface area (Å²) >= 11 is 0. The van der Waals surface area contributed by atoms with Crippen LogP contribution in [0.1, 0.15) is 22.8 Å². The Labute approximate surface area is 159 Å². The molecule has 1 amide bonds. The van der Waals surface area contributed by atoms with E-state index in [2.05, 4.69) is 0 Å². The number of hydrogen-bond acceptors (Lipinski definition) is 4. The monoisotopic (exact) mass is 385 g/mol. The predicted octanol–water partition coefficient (Wildman–Crippen LogP) is 2.63. The summed E-state index contributed by atoms with van der Waals surface area (Å²) in [6.45, 7) is 1.06. The average Bonchev–Trinajstić information content (AvgIpc) is 2.85. The molecule has 2 aromatic rings. The number of nitrogens with zero attached hydrogens (tertiary/aromatic N) is 1. The first-order valence-electron chi connectivity index (χ1n) is 9.30. The van der Waals surface area contributed by atoms with Crippen LogP contribution in [0.5, 0.6) is 5.75 Å². The fourth-order valence-electron chi connectivity index (χ4n) is 3.95. The van der Waals surface area contributed by atoms with Crippen molar-refractivity contribution in [3.05, 3.63) is 65.7 Å². The lowest BCUT2D eigenvalue weighted by molar-refractivity contribution is -0.136. The molecule has 0 N–H and O–H groups in total. The van der Waals surface area contributed by atoms with E-state index in [9.17, 15) is 13.2 Å². The van der Waals surface area contributed by atoms with Crippen molar-refractivity contribution >= 4 is 15.7 Å². The number of para-hydroxylation sites is 1. The Kier molecular flexibility index (Phi) is 4.91. The minimum absolute atomic E-state index is 0.00245. The standard InChI is InChI=1S/C21H23NO4S/c23-21(18-14-17-8-4-5-9-19(17)26-15-18)22-11-10-20(27(24,25)13-12-22)16-6-2-1-3-7-16/h1-9,18,20H,10-15H2/t18-,20+/m1/s1. The molecule has 2 aromatic carbocycles. The third-order valence-electron chi connectivity index (χ3n) is 5.45. The molecular formula is C21H23NO4S. The van der Waals surface area contributed by atoms with Gasteiger partial charge < -0.3 is 9.64 Å². The van der Waals surface area contributed by atoms with Gasteiger partial charge in [-0.15, -0.1) is 0 Å². The van der Waals surface area contributed by atoms with Gasteiger partial charge in [-0.2, -0.15) is 0 Å². The van der Waals surface area contributed by atoms with Gasteiger partial charge in [-0.25, -0.2) is 8.42 Å². The van der Waals surface area contributed by atoms with Gasteiger partial charge in [-0.05, 0) is 30.0 Å². The summed E-state index contributed by atoms with van der Waals surface area (Å²) in [6, 6.07) is 17.1. The highest BCUT2D eigenvalue weighted by Crippen LogP contribution is 2.31. The number of carbonyl (C=O) groups is 1. The molecule has 6 heteroatoms. The summed E-state index contributed by atoms with van der Waals surface area (Å²) in [6.07, 6.45) is 1.07. The molecule has 27 heavy (non-hydrogen) atoms. The van der Waals surface area contributed by atoms with E-state index in [0.29, 0.717) is 26.0 Å². The van der Waals surface area contributed by atoms with Crippen molar-refractivity contribution in [2.75, 3.05) is 25.4 Å². The molecule has 0 saturated carbocycles. The van der Waals surface area contributed by atoms with Crippen LogP contribution in [0.2, 0.25) is 0 Å². The predicted molar refractivity (Wildman–Crippen MR) is 103 cm³/mol. The first kappa shape index (κ1) is 18.0. The van der Waals surface area contributed by atoms with E-state index in [1.54, 1.807) is 4.90 Å². The van der Waals surface area contributed by atoms with Crippen LogP contribution < -0.4 is 4.74 Å². The zero-order valence-corrected chi connectivity index (χ0v) is 15.9. The summed E-state index contributed by atoms with van der Waals surface area (Å²) in [4.78, 5) is 14.7.